The first kappa shape index (κ1) is 21.1. The van der Waals surface area contributed by atoms with Crippen LogP contribution in [0.25, 0.3) is 0 Å². The van der Waals surface area contributed by atoms with Crippen molar-refractivity contribution < 1.29 is 27.8 Å². The maximum absolute atomic E-state index is 13.0. The molecule has 1 amide bonds. The molecule has 1 N–H and O–H groups in total. The Morgan fingerprint density at radius 2 is 1.80 bits per heavy atom. The standard InChI is InChI=1S/C21H21F2N3O4/c1-26-11-10-24-19(26)18(14-6-4-5-7-15(14)28-2)25-20(27)13-8-9-16(29-3)17(12-13)30-21(22)23/h4-12,18,21H,1-3H3,(H,25,27). The Labute approximate surface area is 172 Å². The molecule has 3 aromatic rings. The first-order valence-corrected chi connectivity index (χ1v) is 8.98. The van der Waals surface area contributed by atoms with Crippen LogP contribution in [-0.4, -0.2) is 36.3 Å². The first-order valence-electron chi connectivity index (χ1n) is 8.98. The maximum atomic E-state index is 13.0. The minimum Gasteiger partial charge on any atom is -0.496 e. The van der Waals surface area contributed by atoms with Crippen molar-refractivity contribution in [2.45, 2.75) is 12.7 Å². The number of hydrogen-bond donors (Lipinski definition) is 1. The number of methoxy groups -OCH3 is 2. The van der Waals surface area contributed by atoms with Crippen LogP contribution in [0.3, 0.4) is 0 Å². The van der Waals surface area contributed by atoms with Gasteiger partial charge >= 0.3 is 6.61 Å². The average Bonchev–Trinajstić information content (AvgIpc) is 3.17. The molecule has 0 fully saturated rings. The van der Waals surface area contributed by atoms with Gasteiger partial charge in [-0.25, -0.2) is 4.98 Å². The minimum absolute atomic E-state index is 0.0947. The fourth-order valence-corrected chi connectivity index (χ4v) is 3.06. The molecule has 0 bridgehead atoms. The predicted molar refractivity (Wildman–Crippen MR) is 105 cm³/mol. The summed E-state index contributed by atoms with van der Waals surface area (Å²) in [5.41, 5.74) is 0.820. The largest absolute Gasteiger partial charge is 0.496 e. The Hall–Kier alpha value is -3.62. The van der Waals surface area contributed by atoms with Crippen LogP contribution in [-0.2, 0) is 7.05 Å². The van der Waals surface area contributed by atoms with E-state index in [4.69, 9.17) is 9.47 Å². The van der Waals surface area contributed by atoms with Crippen LogP contribution < -0.4 is 19.5 Å². The number of rotatable bonds is 8. The summed E-state index contributed by atoms with van der Waals surface area (Å²) in [6.07, 6.45) is 3.37. The number of nitrogens with zero attached hydrogens (tertiary/aromatic N) is 2. The zero-order chi connectivity index (χ0) is 21.7. The summed E-state index contributed by atoms with van der Waals surface area (Å²) in [5.74, 6) is 0.506. The van der Waals surface area contributed by atoms with Crippen LogP contribution in [0.2, 0.25) is 0 Å². The van der Waals surface area contributed by atoms with Crippen molar-refractivity contribution in [1.82, 2.24) is 14.9 Å². The van der Waals surface area contributed by atoms with E-state index in [0.717, 1.165) is 0 Å². The molecule has 0 radical (unpaired) electrons. The first-order chi connectivity index (χ1) is 14.4. The second-order valence-electron chi connectivity index (χ2n) is 6.29. The van der Waals surface area contributed by atoms with E-state index < -0.39 is 18.6 Å². The number of carbonyl (C=O) groups is 1. The summed E-state index contributed by atoms with van der Waals surface area (Å²) in [5, 5.41) is 2.90. The van der Waals surface area contributed by atoms with Gasteiger partial charge in [0.15, 0.2) is 11.5 Å². The summed E-state index contributed by atoms with van der Waals surface area (Å²) >= 11 is 0. The van der Waals surface area contributed by atoms with Gasteiger partial charge in [0.2, 0.25) is 0 Å². The van der Waals surface area contributed by atoms with Crippen LogP contribution in [0.5, 0.6) is 17.2 Å². The lowest BCUT2D eigenvalue weighted by molar-refractivity contribution is -0.0512. The van der Waals surface area contributed by atoms with Gasteiger partial charge in [0.05, 0.1) is 14.2 Å². The lowest BCUT2D eigenvalue weighted by Crippen LogP contribution is -2.31. The topological polar surface area (TPSA) is 74.6 Å². The van der Waals surface area contributed by atoms with Crippen molar-refractivity contribution in [2.75, 3.05) is 14.2 Å². The number of hydrogen-bond acceptors (Lipinski definition) is 5. The maximum Gasteiger partial charge on any atom is 0.387 e. The molecular weight excluding hydrogens is 396 g/mol. The van der Waals surface area contributed by atoms with Crippen molar-refractivity contribution in [2.24, 2.45) is 7.05 Å². The third-order valence-electron chi connectivity index (χ3n) is 4.48. The fourth-order valence-electron chi connectivity index (χ4n) is 3.06. The van der Waals surface area contributed by atoms with Crippen molar-refractivity contribution in [3.63, 3.8) is 0 Å². The van der Waals surface area contributed by atoms with Gasteiger partial charge in [-0.3, -0.25) is 4.79 Å². The lowest BCUT2D eigenvalue weighted by atomic mass is 10.0. The number of para-hydroxylation sites is 1. The zero-order valence-corrected chi connectivity index (χ0v) is 16.6. The number of ether oxygens (including phenoxy) is 3. The predicted octanol–water partition coefficient (Wildman–Crippen LogP) is 3.56. The highest BCUT2D eigenvalue weighted by Gasteiger charge is 2.25. The van der Waals surface area contributed by atoms with E-state index in [-0.39, 0.29) is 17.1 Å². The molecule has 1 atom stereocenters. The van der Waals surface area contributed by atoms with Gasteiger partial charge in [-0.15, -0.1) is 0 Å². The molecule has 158 valence electrons. The minimum atomic E-state index is -3.05. The zero-order valence-electron chi connectivity index (χ0n) is 16.6. The van der Waals surface area contributed by atoms with Gasteiger partial charge in [-0.05, 0) is 24.3 Å². The molecule has 0 saturated carbocycles. The van der Waals surface area contributed by atoms with E-state index in [2.05, 4.69) is 15.0 Å². The molecule has 0 saturated heterocycles. The number of aromatic nitrogens is 2. The second kappa shape index (κ2) is 9.25. The number of benzene rings is 2. The molecule has 1 heterocycles. The van der Waals surface area contributed by atoms with Crippen molar-refractivity contribution in [3.05, 3.63) is 71.8 Å². The highest BCUT2D eigenvalue weighted by atomic mass is 19.3. The summed E-state index contributed by atoms with van der Waals surface area (Å²) in [6, 6.07) is 10.7. The fraction of sp³-hybridized carbons (Fsp3) is 0.238. The van der Waals surface area contributed by atoms with Gasteiger partial charge < -0.3 is 24.1 Å². The Bertz CT molecular complexity index is 1020. The molecule has 0 aliphatic rings. The Kier molecular flexibility index (Phi) is 6.51. The second-order valence-corrected chi connectivity index (χ2v) is 6.29. The van der Waals surface area contributed by atoms with E-state index in [1.165, 1.54) is 32.4 Å². The number of carbonyl (C=O) groups excluding carboxylic acids is 1. The molecule has 1 aromatic heterocycles. The molecule has 1 unspecified atom stereocenters. The molecule has 30 heavy (non-hydrogen) atoms. The Balaban J connectivity index is 1.97. The summed E-state index contributed by atoms with van der Waals surface area (Å²) in [6.45, 7) is -3.05. The van der Waals surface area contributed by atoms with Crippen LogP contribution in [0.15, 0.2) is 54.9 Å². The van der Waals surface area contributed by atoms with Crippen LogP contribution >= 0.6 is 0 Å². The Morgan fingerprint density at radius 1 is 1.07 bits per heavy atom. The molecule has 7 nitrogen and oxygen atoms in total. The number of nitrogens with one attached hydrogen (secondary N) is 1. The normalized spacial score (nSPS) is 11.8. The van der Waals surface area contributed by atoms with E-state index in [1.54, 1.807) is 30.1 Å². The summed E-state index contributed by atoms with van der Waals surface area (Å²) < 4.78 is 42.1. The molecule has 3 rings (SSSR count). The molecule has 2 aromatic carbocycles. The SMILES string of the molecule is COc1ccc(C(=O)NC(c2ccccc2OC)c2nccn2C)cc1OC(F)F. The highest BCUT2D eigenvalue weighted by molar-refractivity contribution is 5.95. The molecule has 9 heteroatoms. The van der Waals surface area contributed by atoms with Crippen molar-refractivity contribution in [3.8, 4) is 17.2 Å². The number of halogens is 2. The Morgan fingerprint density at radius 3 is 2.43 bits per heavy atom. The lowest BCUT2D eigenvalue weighted by Gasteiger charge is -2.21. The van der Waals surface area contributed by atoms with Gasteiger partial charge in [-0.2, -0.15) is 8.78 Å². The van der Waals surface area contributed by atoms with Crippen LogP contribution in [0, 0.1) is 0 Å². The van der Waals surface area contributed by atoms with Crippen LogP contribution in [0.1, 0.15) is 27.8 Å². The van der Waals surface area contributed by atoms with Gasteiger partial charge in [0.1, 0.15) is 17.6 Å². The average molecular weight is 417 g/mol. The molecule has 0 spiro atoms. The number of aryl methyl sites for hydroxylation is 1. The van der Waals surface area contributed by atoms with E-state index >= 15 is 0 Å². The summed E-state index contributed by atoms with van der Waals surface area (Å²) in [4.78, 5) is 17.3. The monoisotopic (exact) mass is 417 g/mol. The van der Waals surface area contributed by atoms with Crippen LogP contribution in [0.4, 0.5) is 8.78 Å². The van der Waals surface area contributed by atoms with Gasteiger partial charge in [0, 0.05) is 30.6 Å². The van der Waals surface area contributed by atoms with Crippen molar-refractivity contribution in [1.29, 1.82) is 0 Å². The van der Waals surface area contributed by atoms with E-state index in [9.17, 15) is 13.6 Å². The van der Waals surface area contributed by atoms with Gasteiger partial charge in [0.25, 0.3) is 5.91 Å². The smallest absolute Gasteiger partial charge is 0.387 e. The van der Waals surface area contributed by atoms with E-state index in [1.807, 2.05) is 18.2 Å². The van der Waals surface area contributed by atoms with E-state index in [0.29, 0.717) is 17.1 Å². The van der Waals surface area contributed by atoms with Crippen molar-refractivity contribution >= 4 is 5.91 Å². The molecule has 0 aliphatic carbocycles. The third-order valence-corrected chi connectivity index (χ3v) is 4.48. The highest BCUT2D eigenvalue weighted by Crippen LogP contribution is 2.32. The number of alkyl halides is 2. The molecular formula is C21H21F2N3O4. The quantitative estimate of drug-likeness (QED) is 0.607. The van der Waals surface area contributed by atoms with Gasteiger partial charge in [-0.1, -0.05) is 18.2 Å². The number of imidazole rings is 1. The number of amides is 1. The molecule has 0 aliphatic heterocycles. The third kappa shape index (κ3) is 4.51. The summed E-state index contributed by atoms with van der Waals surface area (Å²) in [7, 11) is 4.67.